The van der Waals surface area contributed by atoms with Crippen LogP contribution in [0.2, 0.25) is 0 Å². The molecule has 0 bridgehead atoms. The van der Waals surface area contributed by atoms with Crippen molar-refractivity contribution in [1.82, 2.24) is 0 Å². The summed E-state index contributed by atoms with van der Waals surface area (Å²) in [4.78, 5) is 0. The van der Waals surface area contributed by atoms with Gasteiger partial charge in [-0.1, -0.05) is 85.7 Å². The number of hydrogen-bond donors (Lipinski definition) is 0. The van der Waals surface area contributed by atoms with Crippen molar-refractivity contribution in [2.45, 2.75) is 26.2 Å². The molecule has 0 saturated carbocycles. The SMILES string of the molecule is CCCC1=Cc2c(cccc2-c2cccc3ccccc23)C1.[Cl][Zr][Cl]. The summed E-state index contributed by atoms with van der Waals surface area (Å²) in [6, 6.07) is 22.0. The van der Waals surface area contributed by atoms with Crippen LogP contribution in [0.3, 0.4) is 0 Å². The van der Waals surface area contributed by atoms with E-state index in [2.05, 4.69) is 73.7 Å². The topological polar surface area (TPSA) is 0 Å². The molecule has 1 aliphatic carbocycles. The minimum absolute atomic E-state index is 0.826. The Balaban J connectivity index is 0.000000569. The average Bonchev–Trinajstić information content (AvgIpc) is 3.05. The van der Waals surface area contributed by atoms with Gasteiger partial charge in [-0.2, -0.15) is 0 Å². The van der Waals surface area contributed by atoms with E-state index >= 15 is 0 Å². The predicted molar refractivity (Wildman–Crippen MR) is 108 cm³/mol. The summed E-state index contributed by atoms with van der Waals surface area (Å²) < 4.78 is 0. The van der Waals surface area contributed by atoms with Crippen molar-refractivity contribution >= 4 is 33.9 Å². The molecule has 3 aromatic rings. The molecule has 3 heteroatoms. The predicted octanol–water partition coefficient (Wildman–Crippen LogP) is 7.62. The van der Waals surface area contributed by atoms with E-state index in [1.54, 1.807) is 5.57 Å². The molecular weight excluding hydrogens is 426 g/mol. The number of allylic oxidation sites excluding steroid dienone is 1. The van der Waals surface area contributed by atoms with Gasteiger partial charge < -0.3 is 0 Å². The molecule has 3 aromatic carbocycles. The number of rotatable bonds is 3. The van der Waals surface area contributed by atoms with E-state index in [9.17, 15) is 0 Å². The van der Waals surface area contributed by atoms with Crippen LogP contribution in [0.1, 0.15) is 30.9 Å². The first kappa shape index (κ1) is 18.9. The van der Waals surface area contributed by atoms with Crippen LogP contribution < -0.4 is 0 Å². The van der Waals surface area contributed by atoms with Gasteiger partial charge in [0.05, 0.1) is 0 Å². The molecule has 25 heavy (non-hydrogen) atoms. The van der Waals surface area contributed by atoms with E-state index in [1.165, 1.54) is 45.9 Å². The molecule has 0 aromatic heterocycles. The molecule has 0 heterocycles. The number of halogens is 2. The summed E-state index contributed by atoms with van der Waals surface area (Å²) in [6.07, 6.45) is 5.99. The van der Waals surface area contributed by atoms with Crippen molar-refractivity contribution in [3.63, 3.8) is 0 Å². The van der Waals surface area contributed by atoms with Gasteiger partial charge in [-0.25, -0.2) is 0 Å². The van der Waals surface area contributed by atoms with Crippen LogP contribution in [0.15, 0.2) is 66.2 Å². The number of hydrogen-bond acceptors (Lipinski definition) is 0. The van der Waals surface area contributed by atoms with Crippen molar-refractivity contribution in [3.8, 4) is 11.1 Å². The maximum absolute atomic E-state index is 4.93. The van der Waals surface area contributed by atoms with Gasteiger partial charge in [-0.05, 0) is 45.9 Å². The summed E-state index contributed by atoms with van der Waals surface area (Å²) in [5.41, 5.74) is 7.21. The van der Waals surface area contributed by atoms with Crippen molar-refractivity contribution in [2.24, 2.45) is 0 Å². The first-order chi connectivity index (χ1) is 12.3. The first-order valence-corrected chi connectivity index (χ1v) is 14.9. The molecule has 126 valence electrons. The van der Waals surface area contributed by atoms with Crippen LogP contribution in [-0.2, 0) is 27.3 Å². The Morgan fingerprint density at radius 1 is 0.880 bits per heavy atom. The van der Waals surface area contributed by atoms with Gasteiger partial charge in [0.25, 0.3) is 0 Å². The van der Waals surface area contributed by atoms with Crippen molar-refractivity contribution < 1.29 is 20.8 Å². The van der Waals surface area contributed by atoms with Gasteiger partial charge in [-0.3, -0.25) is 0 Å². The first-order valence-electron chi connectivity index (χ1n) is 8.54. The summed E-state index contributed by atoms with van der Waals surface area (Å²) in [6.45, 7) is 2.26. The van der Waals surface area contributed by atoms with Crippen molar-refractivity contribution in [2.75, 3.05) is 0 Å². The molecule has 0 N–H and O–H groups in total. The Hall–Kier alpha value is -0.877. The van der Waals surface area contributed by atoms with Crippen LogP contribution in [0.5, 0.6) is 0 Å². The summed E-state index contributed by atoms with van der Waals surface area (Å²) in [7, 11) is 9.87. The second-order valence-electron chi connectivity index (χ2n) is 6.21. The molecular formula is C22H20Cl2Zr. The zero-order valence-electron chi connectivity index (χ0n) is 14.2. The quantitative estimate of drug-likeness (QED) is 0.388. The van der Waals surface area contributed by atoms with Crippen molar-refractivity contribution in [3.05, 3.63) is 77.4 Å². The zero-order valence-corrected chi connectivity index (χ0v) is 18.2. The van der Waals surface area contributed by atoms with Crippen LogP contribution in [-0.4, -0.2) is 0 Å². The fourth-order valence-corrected chi connectivity index (χ4v) is 3.61. The third-order valence-electron chi connectivity index (χ3n) is 4.61. The van der Waals surface area contributed by atoms with Crippen LogP contribution in [0, 0.1) is 0 Å². The molecule has 0 atom stereocenters. The van der Waals surface area contributed by atoms with Gasteiger partial charge >= 0.3 is 37.9 Å². The molecule has 0 aliphatic heterocycles. The molecule has 0 spiro atoms. The Labute approximate surface area is 168 Å². The van der Waals surface area contributed by atoms with Gasteiger partial charge in [0.1, 0.15) is 0 Å². The minimum atomic E-state index is -0.826. The molecule has 1 aliphatic rings. The standard InChI is InChI=1S/C22H20.2ClH.Zr/c1-2-7-16-14-18-10-6-13-21(22(18)15-16)20-12-5-9-17-8-3-4-11-19(17)20;;;/h3-6,8-13,15H,2,7,14H2,1H3;2*1H;/q;;;+2/p-2. The molecule has 4 rings (SSSR count). The third-order valence-corrected chi connectivity index (χ3v) is 4.61. The molecule has 0 amide bonds. The van der Waals surface area contributed by atoms with Gasteiger partial charge in [0.2, 0.25) is 0 Å². The fraction of sp³-hybridized carbons (Fsp3) is 0.182. The van der Waals surface area contributed by atoms with Crippen molar-refractivity contribution in [1.29, 1.82) is 0 Å². The van der Waals surface area contributed by atoms with E-state index in [0.717, 1.165) is 6.42 Å². The van der Waals surface area contributed by atoms with Gasteiger partial charge in [0, 0.05) is 0 Å². The second-order valence-corrected chi connectivity index (χ2v) is 9.94. The summed E-state index contributed by atoms with van der Waals surface area (Å²) >= 11 is -0.826. The van der Waals surface area contributed by atoms with Crippen LogP contribution in [0.25, 0.3) is 28.0 Å². The van der Waals surface area contributed by atoms with E-state index in [1.807, 2.05) is 0 Å². The molecule has 0 nitrogen and oxygen atoms in total. The number of fused-ring (bicyclic) bond motifs is 2. The fourth-order valence-electron chi connectivity index (χ4n) is 3.61. The Bertz CT molecular complexity index is 894. The second kappa shape index (κ2) is 9.17. The van der Waals surface area contributed by atoms with Crippen LogP contribution in [0.4, 0.5) is 0 Å². The molecule has 0 unspecified atom stereocenters. The normalized spacial score (nSPS) is 12.2. The molecule has 0 saturated heterocycles. The molecule has 0 radical (unpaired) electrons. The van der Waals surface area contributed by atoms with Gasteiger partial charge in [0.15, 0.2) is 0 Å². The van der Waals surface area contributed by atoms with E-state index < -0.39 is 20.8 Å². The van der Waals surface area contributed by atoms with Gasteiger partial charge in [-0.15, -0.1) is 0 Å². The van der Waals surface area contributed by atoms with E-state index in [4.69, 9.17) is 17.0 Å². The van der Waals surface area contributed by atoms with E-state index in [-0.39, 0.29) is 0 Å². The Morgan fingerprint density at radius 3 is 2.36 bits per heavy atom. The summed E-state index contributed by atoms with van der Waals surface area (Å²) in [5.74, 6) is 0. The Kier molecular flexibility index (Phi) is 6.94. The third kappa shape index (κ3) is 4.28. The molecule has 0 fully saturated rings. The zero-order chi connectivity index (χ0) is 17.6. The monoisotopic (exact) mass is 444 g/mol. The Morgan fingerprint density at radius 2 is 1.56 bits per heavy atom. The summed E-state index contributed by atoms with van der Waals surface area (Å²) in [5, 5.41) is 2.66. The van der Waals surface area contributed by atoms with E-state index in [0.29, 0.717) is 0 Å². The number of benzene rings is 3. The average molecular weight is 447 g/mol. The maximum atomic E-state index is 4.93. The van der Waals surface area contributed by atoms with Crippen LogP contribution >= 0.6 is 17.0 Å².